The van der Waals surface area contributed by atoms with E-state index in [2.05, 4.69) is 10.3 Å². The van der Waals surface area contributed by atoms with Crippen molar-refractivity contribution in [3.63, 3.8) is 0 Å². The molecule has 5 heteroatoms. The summed E-state index contributed by atoms with van der Waals surface area (Å²) in [6.07, 6.45) is 7.15. The second kappa shape index (κ2) is 6.23. The van der Waals surface area contributed by atoms with E-state index < -0.39 is 10.8 Å². The van der Waals surface area contributed by atoms with E-state index in [0.717, 1.165) is 11.1 Å². The van der Waals surface area contributed by atoms with Crippen LogP contribution in [0.3, 0.4) is 0 Å². The Morgan fingerprint density at radius 3 is 3.06 bits per heavy atom. The predicted octanol–water partition coefficient (Wildman–Crippen LogP) is 2.00. The quantitative estimate of drug-likeness (QED) is 0.856. The number of fused-ring (bicyclic) bond motifs is 1. The van der Waals surface area contributed by atoms with Crippen molar-refractivity contribution in [2.45, 2.75) is 43.9 Å². The van der Waals surface area contributed by atoms with Crippen LogP contribution in [0.5, 0.6) is 0 Å². The fourth-order valence-electron chi connectivity index (χ4n) is 2.39. The molecule has 1 N–H and O–H groups in total. The van der Waals surface area contributed by atoms with E-state index in [0.29, 0.717) is 12.6 Å². The highest BCUT2D eigenvalue weighted by Gasteiger charge is 2.30. The molecule has 1 aliphatic heterocycles. The van der Waals surface area contributed by atoms with Crippen LogP contribution in [-0.2, 0) is 10.8 Å². The van der Waals surface area contributed by atoms with Crippen LogP contribution in [0.1, 0.15) is 32.6 Å². The first-order valence-electron chi connectivity index (χ1n) is 6.43. The summed E-state index contributed by atoms with van der Waals surface area (Å²) in [5, 5.41) is 4.80. The largest absolute Gasteiger partial charge is 0.362 e. The first-order chi connectivity index (χ1) is 8.16. The molecule has 2 aliphatic rings. The lowest BCUT2D eigenvalue weighted by atomic mass is 9.86. The van der Waals surface area contributed by atoms with Gasteiger partial charge in [-0.25, -0.2) is 0 Å². The molecule has 0 bridgehead atoms. The number of nitrogens with zero attached hydrogens (tertiary/aromatic N) is 1. The zero-order chi connectivity index (χ0) is 12.3. The maximum absolute atomic E-state index is 11.3. The zero-order valence-electron chi connectivity index (χ0n) is 10.6. The Bertz CT molecular complexity index is 320. The number of hydrogen-bond acceptors (Lipinski definition) is 3. The highest BCUT2D eigenvalue weighted by atomic mass is 32.2. The molecule has 1 saturated carbocycles. The molecular formula is C12H22N2OS2. The third-order valence-electron chi connectivity index (χ3n) is 3.71. The average molecular weight is 274 g/mol. The molecule has 0 aromatic heterocycles. The Balaban J connectivity index is 1.86. The number of nitrogens with one attached hydrogen (secondary N) is 1. The summed E-state index contributed by atoms with van der Waals surface area (Å²) in [5.74, 6) is 2.05. The van der Waals surface area contributed by atoms with Gasteiger partial charge in [-0.05, 0) is 25.7 Å². The molecular weight excluding hydrogens is 252 g/mol. The van der Waals surface area contributed by atoms with Gasteiger partial charge < -0.3 is 5.32 Å². The highest BCUT2D eigenvalue weighted by Crippen LogP contribution is 2.31. The molecule has 1 saturated heterocycles. The van der Waals surface area contributed by atoms with E-state index in [-0.39, 0.29) is 5.25 Å². The lowest BCUT2D eigenvalue weighted by molar-refractivity contribution is 0.311. The number of rotatable bonds is 3. The Labute approximate surface area is 111 Å². The molecule has 0 spiro atoms. The van der Waals surface area contributed by atoms with Gasteiger partial charge in [-0.3, -0.25) is 9.20 Å². The van der Waals surface area contributed by atoms with Gasteiger partial charge in [-0.15, -0.1) is 0 Å². The third-order valence-corrected chi connectivity index (χ3v) is 6.11. The maximum atomic E-state index is 11.3. The van der Waals surface area contributed by atoms with Gasteiger partial charge in [0.1, 0.15) is 0 Å². The van der Waals surface area contributed by atoms with Gasteiger partial charge in [0.15, 0.2) is 5.17 Å². The van der Waals surface area contributed by atoms with E-state index >= 15 is 0 Å². The predicted molar refractivity (Wildman–Crippen MR) is 77.2 cm³/mol. The second-order valence-electron chi connectivity index (χ2n) is 5.06. The molecule has 1 heterocycles. The number of thioether (sulfide) groups is 1. The van der Waals surface area contributed by atoms with Crippen molar-refractivity contribution in [2.75, 3.05) is 18.6 Å². The monoisotopic (exact) mass is 274 g/mol. The fraction of sp³-hybridized carbons (Fsp3) is 0.917. The number of aliphatic imine (C=N–C) groups is 1. The van der Waals surface area contributed by atoms with Gasteiger partial charge in [0.25, 0.3) is 0 Å². The lowest BCUT2D eigenvalue weighted by Gasteiger charge is -2.36. The Morgan fingerprint density at radius 2 is 2.29 bits per heavy atom. The summed E-state index contributed by atoms with van der Waals surface area (Å²) in [7, 11) is -0.767. The van der Waals surface area contributed by atoms with Crippen LogP contribution in [0, 0.1) is 5.92 Å². The van der Waals surface area contributed by atoms with E-state index in [1.54, 1.807) is 6.26 Å². The van der Waals surface area contributed by atoms with Crippen molar-refractivity contribution in [3.8, 4) is 0 Å². The molecule has 1 aliphatic carbocycles. The second-order valence-corrected chi connectivity index (χ2v) is 7.87. The zero-order valence-corrected chi connectivity index (χ0v) is 12.3. The standard InChI is InChI=1S/C12H22N2OS2/c1-9(17(2)15)7-13-12-14-11-6-4-3-5-10(11)8-16-12/h9-11H,3-8H2,1-2H3,(H,13,14). The smallest absolute Gasteiger partial charge is 0.156 e. The molecule has 4 unspecified atom stereocenters. The van der Waals surface area contributed by atoms with Gasteiger partial charge in [0.2, 0.25) is 0 Å². The normalized spacial score (nSPS) is 34.8. The van der Waals surface area contributed by atoms with Crippen LogP contribution in [0.2, 0.25) is 0 Å². The molecule has 0 aromatic rings. The van der Waals surface area contributed by atoms with Crippen molar-refractivity contribution in [3.05, 3.63) is 0 Å². The van der Waals surface area contributed by atoms with Crippen LogP contribution in [0.4, 0.5) is 0 Å². The molecule has 0 radical (unpaired) electrons. The van der Waals surface area contributed by atoms with Crippen LogP contribution >= 0.6 is 11.8 Å². The topological polar surface area (TPSA) is 41.5 Å². The molecule has 0 aromatic carbocycles. The van der Waals surface area contributed by atoms with Crippen molar-refractivity contribution in [1.82, 2.24) is 5.32 Å². The first-order valence-corrected chi connectivity index (χ1v) is 9.03. The minimum atomic E-state index is -0.767. The van der Waals surface area contributed by atoms with E-state index in [1.807, 2.05) is 18.7 Å². The first kappa shape index (κ1) is 13.4. The summed E-state index contributed by atoms with van der Waals surface area (Å²) in [4.78, 5) is 4.57. The average Bonchev–Trinajstić information content (AvgIpc) is 2.35. The van der Waals surface area contributed by atoms with Crippen LogP contribution in [0.15, 0.2) is 4.99 Å². The Hall–Kier alpha value is -0.0300. The van der Waals surface area contributed by atoms with E-state index in [1.165, 1.54) is 31.4 Å². The highest BCUT2D eigenvalue weighted by molar-refractivity contribution is 8.13. The van der Waals surface area contributed by atoms with Gasteiger partial charge in [-0.1, -0.05) is 24.6 Å². The molecule has 0 amide bonds. The minimum Gasteiger partial charge on any atom is -0.362 e. The lowest BCUT2D eigenvalue weighted by Crippen LogP contribution is -2.46. The molecule has 2 rings (SSSR count). The van der Waals surface area contributed by atoms with E-state index in [9.17, 15) is 4.21 Å². The van der Waals surface area contributed by atoms with Crippen molar-refractivity contribution in [2.24, 2.45) is 10.9 Å². The van der Waals surface area contributed by atoms with Crippen LogP contribution in [-0.4, -0.2) is 39.2 Å². The molecule has 2 fully saturated rings. The van der Waals surface area contributed by atoms with Crippen molar-refractivity contribution >= 4 is 27.7 Å². The molecule has 17 heavy (non-hydrogen) atoms. The minimum absolute atomic E-state index is 0.161. The SMILES string of the molecule is CC(CN=C1NC2CCCCC2CS1)S(C)=O. The Morgan fingerprint density at radius 1 is 1.53 bits per heavy atom. The molecule has 3 nitrogen and oxygen atoms in total. The summed E-state index contributed by atoms with van der Waals surface area (Å²) in [5.41, 5.74) is 0. The van der Waals surface area contributed by atoms with Gasteiger partial charge in [0, 0.05) is 28.9 Å². The summed E-state index contributed by atoms with van der Waals surface area (Å²) >= 11 is 1.84. The Kier molecular flexibility index (Phi) is 4.91. The third kappa shape index (κ3) is 3.71. The number of hydrogen-bond donors (Lipinski definition) is 1. The van der Waals surface area contributed by atoms with Crippen LogP contribution < -0.4 is 5.32 Å². The van der Waals surface area contributed by atoms with Crippen molar-refractivity contribution < 1.29 is 4.21 Å². The molecule has 4 atom stereocenters. The summed E-state index contributed by atoms with van der Waals surface area (Å²) < 4.78 is 11.3. The fourth-order valence-corrected chi connectivity index (χ4v) is 3.85. The molecule has 98 valence electrons. The van der Waals surface area contributed by atoms with Gasteiger partial charge in [0.05, 0.1) is 11.8 Å². The summed E-state index contributed by atoms with van der Waals surface area (Å²) in [6.45, 7) is 2.67. The van der Waals surface area contributed by atoms with Crippen molar-refractivity contribution in [1.29, 1.82) is 0 Å². The number of amidine groups is 1. The maximum Gasteiger partial charge on any atom is 0.156 e. The van der Waals surface area contributed by atoms with Gasteiger partial charge in [-0.2, -0.15) is 0 Å². The summed E-state index contributed by atoms with van der Waals surface area (Å²) in [6, 6.07) is 0.645. The van der Waals surface area contributed by atoms with E-state index in [4.69, 9.17) is 0 Å². The van der Waals surface area contributed by atoms with Crippen LogP contribution in [0.25, 0.3) is 0 Å². The van der Waals surface area contributed by atoms with Gasteiger partial charge >= 0.3 is 0 Å².